The molecule has 1 atom stereocenters. The fraction of sp³-hybridized carbons (Fsp3) is 0.444. The van der Waals surface area contributed by atoms with Crippen LogP contribution in [0.1, 0.15) is 43.6 Å². The molecule has 21 heavy (non-hydrogen) atoms. The molecule has 0 radical (unpaired) electrons. The number of hydrazine groups is 1. The van der Waals surface area contributed by atoms with E-state index in [1.807, 2.05) is 11.3 Å². The van der Waals surface area contributed by atoms with Crippen LogP contribution < -0.4 is 11.3 Å². The number of thiophene rings is 1. The standard InChI is InChI=1S/C18H26N2S/c1-3-18(4-2,15-9-6-5-7-10-15)17(20-19)13-12-16-11-8-14-21-16/h5-11,14,17,20H,3-4,12-13,19H2,1-2H3. The molecule has 0 aliphatic heterocycles. The lowest BCUT2D eigenvalue weighted by Gasteiger charge is -2.40. The zero-order chi connectivity index (χ0) is 15.1. The Kier molecular flexibility index (Phi) is 5.97. The molecule has 2 nitrogen and oxygen atoms in total. The predicted octanol–water partition coefficient (Wildman–Crippen LogP) is 4.27. The smallest absolute Gasteiger partial charge is 0.0310 e. The normalized spacial score (nSPS) is 13.3. The minimum absolute atomic E-state index is 0.104. The largest absolute Gasteiger partial charge is 0.271 e. The van der Waals surface area contributed by atoms with E-state index in [4.69, 9.17) is 5.84 Å². The van der Waals surface area contributed by atoms with E-state index >= 15 is 0 Å². The lowest BCUT2D eigenvalue weighted by molar-refractivity contribution is 0.260. The topological polar surface area (TPSA) is 38.0 Å². The Labute approximate surface area is 132 Å². The zero-order valence-corrected chi connectivity index (χ0v) is 13.8. The first-order chi connectivity index (χ1) is 10.3. The van der Waals surface area contributed by atoms with Crippen LogP contribution >= 0.6 is 11.3 Å². The molecule has 0 amide bonds. The summed E-state index contributed by atoms with van der Waals surface area (Å²) < 4.78 is 0. The second-order valence-corrected chi connectivity index (χ2v) is 6.60. The highest BCUT2D eigenvalue weighted by molar-refractivity contribution is 7.09. The molecule has 0 bridgehead atoms. The third-order valence-electron chi connectivity index (χ3n) is 4.74. The average Bonchev–Trinajstić information content (AvgIpc) is 3.06. The van der Waals surface area contributed by atoms with Crippen molar-refractivity contribution in [3.63, 3.8) is 0 Å². The number of nitrogens with one attached hydrogen (secondary N) is 1. The van der Waals surface area contributed by atoms with E-state index in [9.17, 15) is 0 Å². The van der Waals surface area contributed by atoms with Crippen molar-refractivity contribution in [1.82, 2.24) is 5.43 Å². The van der Waals surface area contributed by atoms with Gasteiger partial charge in [-0.1, -0.05) is 50.2 Å². The number of hydrogen-bond donors (Lipinski definition) is 2. The van der Waals surface area contributed by atoms with Crippen LogP contribution in [-0.2, 0) is 11.8 Å². The zero-order valence-electron chi connectivity index (χ0n) is 13.0. The van der Waals surface area contributed by atoms with Crippen molar-refractivity contribution in [2.75, 3.05) is 0 Å². The molecule has 1 aromatic carbocycles. The second kappa shape index (κ2) is 7.74. The summed E-state index contributed by atoms with van der Waals surface area (Å²) in [5.74, 6) is 5.94. The van der Waals surface area contributed by atoms with Crippen molar-refractivity contribution in [1.29, 1.82) is 0 Å². The summed E-state index contributed by atoms with van der Waals surface area (Å²) in [5.41, 5.74) is 4.61. The van der Waals surface area contributed by atoms with Crippen LogP contribution in [0.5, 0.6) is 0 Å². The summed E-state index contributed by atoms with van der Waals surface area (Å²) in [7, 11) is 0. The van der Waals surface area contributed by atoms with E-state index in [0.29, 0.717) is 0 Å². The SMILES string of the molecule is CCC(CC)(c1ccccc1)C(CCc1cccs1)NN. The number of nitrogens with two attached hydrogens (primary N) is 1. The van der Waals surface area contributed by atoms with Crippen LogP contribution in [-0.4, -0.2) is 6.04 Å². The molecule has 0 aliphatic rings. The van der Waals surface area contributed by atoms with Crippen LogP contribution in [0.25, 0.3) is 0 Å². The fourth-order valence-electron chi connectivity index (χ4n) is 3.38. The van der Waals surface area contributed by atoms with Crippen molar-refractivity contribution < 1.29 is 0 Å². The Morgan fingerprint density at radius 2 is 1.81 bits per heavy atom. The van der Waals surface area contributed by atoms with Crippen molar-refractivity contribution in [2.45, 2.75) is 51.0 Å². The number of hydrogen-bond acceptors (Lipinski definition) is 3. The number of benzene rings is 1. The maximum atomic E-state index is 5.94. The van der Waals surface area contributed by atoms with Crippen LogP contribution in [0.4, 0.5) is 0 Å². The fourth-order valence-corrected chi connectivity index (χ4v) is 4.11. The van der Waals surface area contributed by atoms with E-state index in [2.05, 4.69) is 67.1 Å². The van der Waals surface area contributed by atoms with Gasteiger partial charge in [0, 0.05) is 16.3 Å². The van der Waals surface area contributed by atoms with Gasteiger partial charge in [0.15, 0.2) is 0 Å². The molecule has 3 heteroatoms. The summed E-state index contributed by atoms with van der Waals surface area (Å²) in [6.07, 6.45) is 4.33. The minimum atomic E-state index is 0.104. The highest BCUT2D eigenvalue weighted by atomic mass is 32.1. The summed E-state index contributed by atoms with van der Waals surface area (Å²) in [5, 5.41) is 2.14. The van der Waals surface area contributed by atoms with Crippen LogP contribution in [0, 0.1) is 0 Å². The van der Waals surface area contributed by atoms with Gasteiger partial charge < -0.3 is 0 Å². The summed E-state index contributed by atoms with van der Waals surface area (Å²) >= 11 is 1.83. The first-order valence-electron chi connectivity index (χ1n) is 7.80. The lowest BCUT2D eigenvalue weighted by atomic mass is 9.69. The number of rotatable bonds is 8. The molecule has 2 rings (SSSR count). The van der Waals surface area contributed by atoms with E-state index in [0.717, 1.165) is 25.7 Å². The molecule has 0 saturated carbocycles. The molecule has 3 N–H and O–H groups in total. The van der Waals surface area contributed by atoms with Crippen LogP contribution in [0.15, 0.2) is 47.8 Å². The van der Waals surface area contributed by atoms with Gasteiger partial charge in [-0.3, -0.25) is 11.3 Å². The Balaban J connectivity index is 2.21. The Hall–Kier alpha value is -1.16. The van der Waals surface area contributed by atoms with E-state index in [-0.39, 0.29) is 11.5 Å². The molecule has 0 spiro atoms. The Bertz CT molecular complexity index is 503. The molecule has 1 unspecified atom stereocenters. The van der Waals surface area contributed by atoms with Gasteiger partial charge in [-0.2, -0.15) is 0 Å². The highest BCUT2D eigenvalue weighted by Gasteiger charge is 2.36. The molecule has 0 fully saturated rings. The third-order valence-corrected chi connectivity index (χ3v) is 5.67. The summed E-state index contributed by atoms with van der Waals surface area (Å²) in [4.78, 5) is 1.43. The molecule has 1 aromatic heterocycles. The molecule has 1 heterocycles. The molecule has 114 valence electrons. The minimum Gasteiger partial charge on any atom is -0.271 e. The van der Waals surface area contributed by atoms with Gasteiger partial charge in [0.2, 0.25) is 0 Å². The monoisotopic (exact) mass is 302 g/mol. The van der Waals surface area contributed by atoms with Crippen molar-refractivity contribution in [3.05, 3.63) is 58.3 Å². The first kappa shape index (κ1) is 16.2. The predicted molar refractivity (Wildman–Crippen MR) is 92.5 cm³/mol. The number of aryl methyl sites for hydroxylation is 1. The van der Waals surface area contributed by atoms with Crippen LogP contribution in [0.3, 0.4) is 0 Å². The van der Waals surface area contributed by atoms with Crippen molar-refractivity contribution in [3.8, 4) is 0 Å². The second-order valence-electron chi connectivity index (χ2n) is 5.57. The highest BCUT2D eigenvalue weighted by Crippen LogP contribution is 2.37. The molecule has 2 aromatic rings. The van der Waals surface area contributed by atoms with Gasteiger partial charge >= 0.3 is 0 Å². The van der Waals surface area contributed by atoms with Gasteiger partial charge in [-0.05, 0) is 42.7 Å². The van der Waals surface area contributed by atoms with Gasteiger partial charge in [-0.25, -0.2) is 0 Å². The molecule has 0 saturated heterocycles. The summed E-state index contributed by atoms with van der Waals surface area (Å²) in [6.45, 7) is 4.54. The van der Waals surface area contributed by atoms with Crippen molar-refractivity contribution >= 4 is 11.3 Å². The maximum absolute atomic E-state index is 5.94. The van der Waals surface area contributed by atoms with Crippen LogP contribution in [0.2, 0.25) is 0 Å². The molecular weight excluding hydrogens is 276 g/mol. The summed E-state index contributed by atoms with van der Waals surface area (Å²) in [6, 6.07) is 15.4. The van der Waals surface area contributed by atoms with E-state index in [1.165, 1.54) is 10.4 Å². The van der Waals surface area contributed by atoms with E-state index < -0.39 is 0 Å². The van der Waals surface area contributed by atoms with Gasteiger partial charge in [-0.15, -0.1) is 11.3 Å². The average molecular weight is 302 g/mol. The first-order valence-corrected chi connectivity index (χ1v) is 8.68. The van der Waals surface area contributed by atoms with Gasteiger partial charge in [0.25, 0.3) is 0 Å². The molecule has 0 aliphatic carbocycles. The lowest BCUT2D eigenvalue weighted by Crippen LogP contribution is -2.51. The van der Waals surface area contributed by atoms with Gasteiger partial charge in [0.05, 0.1) is 0 Å². The van der Waals surface area contributed by atoms with E-state index in [1.54, 1.807) is 0 Å². The molecular formula is C18H26N2S. The quantitative estimate of drug-likeness (QED) is 0.564. The van der Waals surface area contributed by atoms with Crippen molar-refractivity contribution in [2.24, 2.45) is 5.84 Å². The maximum Gasteiger partial charge on any atom is 0.0310 e. The Morgan fingerprint density at radius 3 is 2.33 bits per heavy atom. The Morgan fingerprint density at radius 1 is 1.10 bits per heavy atom. The van der Waals surface area contributed by atoms with Gasteiger partial charge in [0.1, 0.15) is 0 Å². The third kappa shape index (κ3) is 3.54.